The van der Waals surface area contributed by atoms with Crippen LogP contribution in [0.15, 0.2) is 30.6 Å². The third-order valence-electron chi connectivity index (χ3n) is 4.57. The van der Waals surface area contributed by atoms with Gasteiger partial charge < -0.3 is 10.0 Å². The van der Waals surface area contributed by atoms with Gasteiger partial charge in [-0.05, 0) is 34.5 Å². The van der Waals surface area contributed by atoms with Gasteiger partial charge in [0.25, 0.3) is 0 Å². The van der Waals surface area contributed by atoms with Crippen LogP contribution < -0.4 is 0 Å². The first-order valence-corrected chi connectivity index (χ1v) is 8.66. The van der Waals surface area contributed by atoms with E-state index in [1.165, 1.54) is 6.33 Å². The van der Waals surface area contributed by atoms with Gasteiger partial charge in [0.05, 0.1) is 18.2 Å². The van der Waals surface area contributed by atoms with Gasteiger partial charge in [0, 0.05) is 32.7 Å². The normalized spacial score (nSPS) is 16.8. The highest BCUT2D eigenvalue weighted by Gasteiger charge is 2.22. The second kappa shape index (κ2) is 8.17. The largest absolute Gasteiger partial charge is 0.392 e. The Morgan fingerprint density at radius 3 is 2.52 bits per heavy atom. The number of hydrogen-bond donors (Lipinski definition) is 1. The number of aliphatic hydroxyl groups is 1. The van der Waals surface area contributed by atoms with Gasteiger partial charge >= 0.3 is 0 Å². The predicted molar refractivity (Wildman–Crippen MR) is 92.2 cm³/mol. The minimum Gasteiger partial charge on any atom is -0.392 e. The Hall–Kier alpha value is -2.32. The van der Waals surface area contributed by atoms with Crippen molar-refractivity contribution < 1.29 is 9.90 Å². The Kier molecular flexibility index (Phi) is 5.72. The number of piperazine rings is 1. The molecule has 8 nitrogen and oxygen atoms in total. The molecule has 0 bridgehead atoms. The summed E-state index contributed by atoms with van der Waals surface area (Å²) < 4.78 is 1.58. The van der Waals surface area contributed by atoms with E-state index < -0.39 is 0 Å². The lowest BCUT2D eigenvalue weighted by Crippen LogP contribution is -2.50. The van der Waals surface area contributed by atoms with Crippen molar-refractivity contribution in [1.29, 1.82) is 0 Å². The van der Waals surface area contributed by atoms with Crippen LogP contribution in [0.5, 0.6) is 0 Å². The average molecular weight is 344 g/mol. The number of aliphatic hydroxyl groups excluding tert-OH is 1. The number of carbonyl (C=O) groups is 1. The SMILES string of the molecule is CC[C@@H](O)CN1CCN(C(=O)Cc2ccc(-n3cnnn3)cc2)CC1. The molecule has 1 saturated heterocycles. The summed E-state index contributed by atoms with van der Waals surface area (Å²) in [5.74, 6) is 0.144. The Labute approximate surface area is 147 Å². The van der Waals surface area contributed by atoms with Gasteiger partial charge in [-0.1, -0.05) is 19.1 Å². The molecule has 0 saturated carbocycles. The second-order valence-corrected chi connectivity index (χ2v) is 6.34. The maximum Gasteiger partial charge on any atom is 0.227 e. The summed E-state index contributed by atoms with van der Waals surface area (Å²) in [7, 11) is 0. The van der Waals surface area contributed by atoms with Crippen molar-refractivity contribution in [3.05, 3.63) is 36.2 Å². The van der Waals surface area contributed by atoms with Gasteiger partial charge in [-0.15, -0.1) is 5.10 Å². The molecule has 0 aliphatic carbocycles. The average Bonchev–Trinajstić information content (AvgIpc) is 3.17. The summed E-state index contributed by atoms with van der Waals surface area (Å²) in [4.78, 5) is 16.6. The third kappa shape index (κ3) is 4.61. The lowest BCUT2D eigenvalue weighted by atomic mass is 10.1. The van der Waals surface area contributed by atoms with Crippen molar-refractivity contribution in [2.24, 2.45) is 0 Å². The summed E-state index contributed by atoms with van der Waals surface area (Å²) in [6, 6.07) is 7.68. The maximum absolute atomic E-state index is 12.5. The van der Waals surface area contributed by atoms with Crippen LogP contribution in [-0.2, 0) is 11.2 Å². The topological polar surface area (TPSA) is 87.4 Å². The van der Waals surface area contributed by atoms with Gasteiger partial charge in [-0.25, -0.2) is 4.68 Å². The van der Waals surface area contributed by atoms with Crippen LogP contribution in [0.25, 0.3) is 5.69 Å². The molecular formula is C17H24N6O2. The minimum absolute atomic E-state index is 0.144. The fraction of sp³-hybridized carbons (Fsp3) is 0.529. The van der Waals surface area contributed by atoms with Crippen LogP contribution in [0.4, 0.5) is 0 Å². The first-order valence-electron chi connectivity index (χ1n) is 8.66. The highest BCUT2D eigenvalue weighted by Crippen LogP contribution is 2.11. The first-order chi connectivity index (χ1) is 12.2. The molecule has 8 heteroatoms. The smallest absolute Gasteiger partial charge is 0.227 e. The Morgan fingerprint density at radius 2 is 1.92 bits per heavy atom. The van der Waals surface area contributed by atoms with E-state index in [9.17, 15) is 9.90 Å². The number of aromatic nitrogens is 4. The monoisotopic (exact) mass is 344 g/mol. The summed E-state index contributed by atoms with van der Waals surface area (Å²) >= 11 is 0. The van der Waals surface area contributed by atoms with E-state index >= 15 is 0 Å². The van der Waals surface area contributed by atoms with Crippen molar-refractivity contribution in [2.75, 3.05) is 32.7 Å². The van der Waals surface area contributed by atoms with E-state index in [1.807, 2.05) is 36.1 Å². The summed E-state index contributed by atoms with van der Waals surface area (Å²) in [5.41, 5.74) is 1.84. The molecule has 1 aromatic heterocycles. The molecule has 1 aromatic carbocycles. The zero-order valence-corrected chi connectivity index (χ0v) is 14.5. The quantitative estimate of drug-likeness (QED) is 0.801. The number of tetrazole rings is 1. The number of nitrogens with zero attached hydrogens (tertiary/aromatic N) is 6. The van der Waals surface area contributed by atoms with E-state index in [1.54, 1.807) is 4.68 Å². The number of β-amino-alcohol motifs (C(OH)–C–C–N with tert-alkyl or cyclic N) is 1. The fourth-order valence-corrected chi connectivity index (χ4v) is 2.94. The molecule has 3 rings (SSSR count). The van der Waals surface area contributed by atoms with E-state index in [4.69, 9.17) is 0 Å². The number of amides is 1. The van der Waals surface area contributed by atoms with Crippen molar-refractivity contribution >= 4 is 5.91 Å². The van der Waals surface area contributed by atoms with Crippen LogP contribution in [0.1, 0.15) is 18.9 Å². The van der Waals surface area contributed by atoms with Crippen LogP contribution >= 0.6 is 0 Å². The van der Waals surface area contributed by atoms with Crippen molar-refractivity contribution in [2.45, 2.75) is 25.9 Å². The van der Waals surface area contributed by atoms with E-state index in [2.05, 4.69) is 20.4 Å². The molecule has 25 heavy (non-hydrogen) atoms. The molecule has 1 atom stereocenters. The summed E-state index contributed by atoms with van der Waals surface area (Å²) in [5, 5.41) is 20.8. The first kappa shape index (κ1) is 17.5. The molecular weight excluding hydrogens is 320 g/mol. The third-order valence-corrected chi connectivity index (χ3v) is 4.57. The van der Waals surface area contributed by atoms with Crippen LogP contribution in [-0.4, -0.2) is 79.8 Å². The Morgan fingerprint density at radius 1 is 1.20 bits per heavy atom. The number of carbonyl (C=O) groups excluding carboxylic acids is 1. The molecule has 1 aliphatic rings. The van der Waals surface area contributed by atoms with Gasteiger partial charge in [0.2, 0.25) is 5.91 Å². The van der Waals surface area contributed by atoms with Gasteiger partial charge in [0.1, 0.15) is 6.33 Å². The molecule has 1 aliphatic heterocycles. The van der Waals surface area contributed by atoms with Crippen LogP contribution in [0, 0.1) is 0 Å². The highest BCUT2D eigenvalue weighted by atomic mass is 16.3. The molecule has 2 aromatic rings. The fourth-order valence-electron chi connectivity index (χ4n) is 2.94. The molecule has 2 heterocycles. The number of benzene rings is 1. The van der Waals surface area contributed by atoms with Crippen molar-refractivity contribution in [1.82, 2.24) is 30.0 Å². The number of hydrogen-bond acceptors (Lipinski definition) is 6. The van der Waals surface area contributed by atoms with E-state index in [0.29, 0.717) is 13.0 Å². The lowest BCUT2D eigenvalue weighted by Gasteiger charge is -2.35. The van der Waals surface area contributed by atoms with E-state index in [0.717, 1.165) is 43.9 Å². The maximum atomic E-state index is 12.5. The summed E-state index contributed by atoms with van der Waals surface area (Å²) in [6.07, 6.45) is 2.42. The van der Waals surface area contributed by atoms with Crippen LogP contribution in [0.3, 0.4) is 0 Å². The lowest BCUT2D eigenvalue weighted by molar-refractivity contribution is -0.132. The van der Waals surface area contributed by atoms with Gasteiger partial charge in [-0.2, -0.15) is 0 Å². The molecule has 1 N–H and O–H groups in total. The van der Waals surface area contributed by atoms with Gasteiger partial charge in [-0.3, -0.25) is 9.69 Å². The van der Waals surface area contributed by atoms with Crippen molar-refractivity contribution in [3.8, 4) is 5.69 Å². The molecule has 0 spiro atoms. The second-order valence-electron chi connectivity index (χ2n) is 6.34. The zero-order chi connectivity index (χ0) is 17.6. The minimum atomic E-state index is -0.277. The zero-order valence-electron chi connectivity index (χ0n) is 14.5. The molecule has 134 valence electrons. The number of rotatable bonds is 6. The van der Waals surface area contributed by atoms with E-state index in [-0.39, 0.29) is 12.0 Å². The Bertz CT molecular complexity index is 665. The van der Waals surface area contributed by atoms with Crippen LogP contribution in [0.2, 0.25) is 0 Å². The molecule has 0 radical (unpaired) electrons. The van der Waals surface area contributed by atoms with Gasteiger partial charge in [0.15, 0.2) is 0 Å². The molecule has 0 unspecified atom stereocenters. The predicted octanol–water partition coefficient (Wildman–Crippen LogP) is 0.120. The highest BCUT2D eigenvalue weighted by molar-refractivity contribution is 5.79. The standard InChI is InChI=1S/C17H24N6O2/c1-2-16(24)12-21-7-9-22(10-8-21)17(25)11-14-3-5-15(6-4-14)23-13-18-19-20-23/h3-6,13,16,24H,2,7-12H2,1H3/t16-/m1/s1. The molecule has 1 fully saturated rings. The summed E-state index contributed by atoms with van der Waals surface area (Å²) in [6.45, 7) is 5.75. The van der Waals surface area contributed by atoms with Crippen molar-refractivity contribution in [3.63, 3.8) is 0 Å². The Balaban J connectivity index is 1.49. The molecule has 1 amide bonds.